The van der Waals surface area contributed by atoms with Crippen LogP contribution >= 0.6 is 0 Å². The molecule has 1 unspecified atom stereocenters. The van der Waals surface area contributed by atoms with Crippen LogP contribution < -0.4 is 0 Å². The number of esters is 4. The zero-order chi connectivity index (χ0) is 40.2. The predicted molar refractivity (Wildman–Crippen MR) is 214 cm³/mol. The van der Waals surface area contributed by atoms with Gasteiger partial charge in [0.1, 0.15) is 12.2 Å². The summed E-state index contributed by atoms with van der Waals surface area (Å²) in [6.45, 7) is 0. The molecule has 58 heavy (non-hydrogen) atoms. The number of ether oxygens (including phenoxy) is 6. The molecule has 4 aromatic rings. The van der Waals surface area contributed by atoms with E-state index in [0.717, 1.165) is 41.5 Å². The Hall–Kier alpha value is -5.32. The molecule has 0 amide bonds. The van der Waals surface area contributed by atoms with Gasteiger partial charge in [0.15, 0.2) is 30.2 Å². The number of carbonyl (C=O) groups is 4. The second-order valence-electron chi connectivity index (χ2n) is 15.4. The summed E-state index contributed by atoms with van der Waals surface area (Å²) < 4.78 is 38.7. The lowest BCUT2D eigenvalue weighted by Crippen LogP contribution is -2.66. The average molecular weight is 789 g/mol. The van der Waals surface area contributed by atoms with Crippen molar-refractivity contribution < 1.29 is 47.6 Å². The molecule has 10 nitrogen and oxygen atoms in total. The van der Waals surface area contributed by atoms with Gasteiger partial charge in [-0.05, 0) is 60.8 Å². The van der Waals surface area contributed by atoms with Crippen LogP contribution in [-0.2, 0) is 73.3 Å². The summed E-state index contributed by atoms with van der Waals surface area (Å²) in [4.78, 5) is 55.3. The number of fused-ring (bicyclic) bond motifs is 1. The Bertz CT molecular complexity index is 1800. The number of benzene rings is 4. The lowest BCUT2D eigenvalue weighted by molar-refractivity contribution is -0.236. The number of hydrogen-bond acceptors (Lipinski definition) is 10. The largest absolute Gasteiger partial charge is 0.455 e. The average Bonchev–Trinajstić information content (AvgIpc) is 3.62. The predicted octanol–water partition coefficient (Wildman–Crippen LogP) is 7.62. The first-order chi connectivity index (χ1) is 28.3. The van der Waals surface area contributed by atoms with Crippen molar-refractivity contribution in [3.63, 3.8) is 0 Å². The second kappa shape index (κ2) is 19.9. The van der Waals surface area contributed by atoms with Crippen molar-refractivity contribution in [3.05, 3.63) is 144 Å². The fourth-order valence-corrected chi connectivity index (χ4v) is 8.18. The summed E-state index contributed by atoms with van der Waals surface area (Å²) >= 11 is 0. The molecule has 0 N–H and O–H groups in total. The van der Waals surface area contributed by atoms with Crippen molar-refractivity contribution in [2.24, 2.45) is 0 Å². The highest BCUT2D eigenvalue weighted by atomic mass is 16.8. The molecule has 0 aromatic heterocycles. The van der Waals surface area contributed by atoms with Crippen LogP contribution in [0.2, 0.25) is 0 Å². The molecule has 0 bridgehead atoms. The Balaban J connectivity index is 1.21. The van der Waals surface area contributed by atoms with Crippen LogP contribution in [0.25, 0.3) is 0 Å². The molecule has 2 aliphatic carbocycles. The lowest BCUT2D eigenvalue weighted by atomic mass is 9.84. The van der Waals surface area contributed by atoms with E-state index in [4.69, 9.17) is 28.4 Å². The highest BCUT2D eigenvalue weighted by Gasteiger charge is 2.65. The zero-order valence-corrected chi connectivity index (χ0v) is 32.8. The van der Waals surface area contributed by atoms with Gasteiger partial charge in [0.2, 0.25) is 0 Å². The summed E-state index contributed by atoms with van der Waals surface area (Å²) in [6, 6.07) is 38.2. The molecule has 6 atom stereocenters. The first-order valence-corrected chi connectivity index (χ1v) is 20.6. The molecule has 10 heteroatoms. The molecule has 7 rings (SSSR count). The third kappa shape index (κ3) is 11.0. The molecular weight excluding hydrogens is 737 g/mol. The van der Waals surface area contributed by atoms with E-state index in [1.54, 1.807) is 0 Å². The Kier molecular flexibility index (Phi) is 14.0. The molecular formula is C48H52O10. The smallest absolute Gasteiger partial charge is 0.306 e. The monoisotopic (exact) mass is 788 g/mol. The number of hydrogen-bond donors (Lipinski definition) is 0. The third-order valence-corrected chi connectivity index (χ3v) is 11.2. The maximum Gasteiger partial charge on any atom is 0.306 e. The minimum absolute atomic E-state index is 0.000774. The second-order valence-corrected chi connectivity index (χ2v) is 15.4. The quantitative estimate of drug-likeness (QED) is 0.0828. The molecule has 1 aliphatic heterocycles. The summed E-state index contributed by atoms with van der Waals surface area (Å²) in [5.74, 6) is -3.31. The van der Waals surface area contributed by atoms with Crippen molar-refractivity contribution in [1.82, 2.24) is 0 Å². The highest BCUT2D eigenvalue weighted by Crippen LogP contribution is 2.47. The van der Waals surface area contributed by atoms with Gasteiger partial charge in [-0.1, -0.05) is 128 Å². The fraction of sp³-hybridized carbons (Fsp3) is 0.417. The topological polar surface area (TPSA) is 124 Å². The molecule has 4 aromatic carbocycles. The van der Waals surface area contributed by atoms with E-state index in [1.807, 2.05) is 121 Å². The van der Waals surface area contributed by atoms with Crippen molar-refractivity contribution in [3.8, 4) is 0 Å². The Morgan fingerprint density at radius 1 is 0.414 bits per heavy atom. The van der Waals surface area contributed by atoms with Crippen LogP contribution in [0, 0.1) is 0 Å². The van der Waals surface area contributed by atoms with Crippen molar-refractivity contribution in [1.29, 1.82) is 0 Å². The molecule has 0 radical (unpaired) electrons. The van der Waals surface area contributed by atoms with Gasteiger partial charge < -0.3 is 28.4 Å². The van der Waals surface area contributed by atoms with Crippen LogP contribution in [-0.4, -0.2) is 66.3 Å². The van der Waals surface area contributed by atoms with E-state index in [0.29, 0.717) is 38.5 Å². The first-order valence-electron chi connectivity index (χ1n) is 20.6. The molecule has 3 fully saturated rings. The van der Waals surface area contributed by atoms with E-state index < -0.39 is 66.3 Å². The Morgan fingerprint density at radius 2 is 0.690 bits per heavy atom. The number of aryl methyl sites for hydroxylation is 4. The van der Waals surface area contributed by atoms with E-state index in [-0.39, 0.29) is 25.7 Å². The zero-order valence-electron chi connectivity index (χ0n) is 32.8. The van der Waals surface area contributed by atoms with Crippen LogP contribution in [0.5, 0.6) is 0 Å². The SMILES string of the molecule is O=C(CCc1ccccc1)OC1[C@@H](OC(=O)CCc2ccccc2)[C@H](OC(=O)CCc2ccccc2)[C@H]2OC3(CCCCC3)O[C@H]2[C@@H]1OC(=O)CCc1ccccc1. The van der Waals surface area contributed by atoms with Gasteiger partial charge in [0, 0.05) is 38.5 Å². The number of carbonyl (C=O) groups excluding carboxylic acids is 4. The lowest BCUT2D eigenvalue weighted by Gasteiger charge is -2.44. The molecule has 304 valence electrons. The van der Waals surface area contributed by atoms with Crippen LogP contribution in [0.3, 0.4) is 0 Å². The standard InChI is InChI=1S/C48H52O10/c49-38(28-24-34-16-6-1-7-17-34)53-42-43(54-39(50)29-25-35-18-8-2-9-19-35)45(56-41(52)31-27-37-22-12-4-13-23-37)47-46(57-48(58-47)32-14-5-15-33-48)44(42)55-40(51)30-26-36-20-10-3-11-21-36/h1-4,6-13,16-23,42-47H,5,14-15,24-33H2/t42-,43?,44+,45-,46-,47+/m1/s1. The van der Waals surface area contributed by atoms with Crippen LogP contribution in [0.1, 0.15) is 80.0 Å². The van der Waals surface area contributed by atoms with Crippen LogP contribution in [0.15, 0.2) is 121 Å². The minimum atomic E-state index is -1.37. The van der Waals surface area contributed by atoms with Gasteiger partial charge in [-0.25, -0.2) is 0 Å². The maximum absolute atomic E-state index is 13.9. The summed E-state index contributed by atoms with van der Waals surface area (Å²) in [6.07, 6.45) is -1.65. The number of rotatable bonds is 16. The van der Waals surface area contributed by atoms with E-state index in [9.17, 15) is 19.2 Å². The van der Waals surface area contributed by atoms with Gasteiger partial charge in [-0.2, -0.15) is 0 Å². The normalized spacial score (nSPS) is 23.3. The molecule has 3 aliphatic rings. The highest BCUT2D eigenvalue weighted by molar-refractivity contribution is 5.73. The minimum Gasteiger partial charge on any atom is -0.455 e. The van der Waals surface area contributed by atoms with E-state index in [1.165, 1.54) is 0 Å². The van der Waals surface area contributed by atoms with Crippen LogP contribution in [0.4, 0.5) is 0 Å². The molecule has 1 spiro atoms. The third-order valence-electron chi connectivity index (χ3n) is 11.2. The summed E-state index contributed by atoms with van der Waals surface area (Å²) in [5, 5.41) is 0. The molecule has 2 saturated carbocycles. The van der Waals surface area contributed by atoms with Crippen molar-refractivity contribution >= 4 is 23.9 Å². The van der Waals surface area contributed by atoms with Gasteiger partial charge in [0.05, 0.1) is 0 Å². The fourth-order valence-electron chi connectivity index (χ4n) is 8.18. The maximum atomic E-state index is 13.9. The van der Waals surface area contributed by atoms with Gasteiger partial charge in [-0.3, -0.25) is 19.2 Å². The van der Waals surface area contributed by atoms with Gasteiger partial charge in [-0.15, -0.1) is 0 Å². The first kappa shape index (κ1) is 40.9. The Labute approximate surface area is 340 Å². The molecule has 1 saturated heterocycles. The summed E-state index contributed by atoms with van der Waals surface area (Å²) in [7, 11) is 0. The van der Waals surface area contributed by atoms with Gasteiger partial charge in [0.25, 0.3) is 0 Å². The van der Waals surface area contributed by atoms with E-state index in [2.05, 4.69) is 0 Å². The van der Waals surface area contributed by atoms with E-state index >= 15 is 0 Å². The Morgan fingerprint density at radius 3 is 0.983 bits per heavy atom. The van der Waals surface area contributed by atoms with Crippen molar-refractivity contribution in [2.75, 3.05) is 0 Å². The van der Waals surface area contributed by atoms with Crippen molar-refractivity contribution in [2.45, 2.75) is 126 Å². The molecule has 1 heterocycles. The van der Waals surface area contributed by atoms with Gasteiger partial charge >= 0.3 is 23.9 Å². The summed E-state index contributed by atoms with van der Waals surface area (Å²) in [5.41, 5.74) is 3.79.